The van der Waals surface area contributed by atoms with Gasteiger partial charge in [0.25, 0.3) is 0 Å². The number of benzene rings is 2. The monoisotopic (exact) mass is 338 g/mol. The molecule has 0 atom stereocenters. The normalized spacial score (nSPS) is 13.8. The molecule has 4 heteroatoms. The van der Waals surface area contributed by atoms with Crippen molar-refractivity contribution in [2.24, 2.45) is 0 Å². The van der Waals surface area contributed by atoms with Gasteiger partial charge < -0.3 is 10.1 Å². The molecule has 4 nitrogen and oxygen atoms in total. The van der Waals surface area contributed by atoms with Crippen LogP contribution < -0.4 is 10.1 Å². The molecule has 25 heavy (non-hydrogen) atoms. The van der Waals surface area contributed by atoms with Crippen molar-refractivity contribution in [2.45, 2.75) is 39.3 Å². The number of nitrogens with one attached hydrogen (secondary N) is 1. The summed E-state index contributed by atoms with van der Waals surface area (Å²) in [5.41, 5.74) is 4.31. The van der Waals surface area contributed by atoms with Crippen molar-refractivity contribution in [1.29, 1.82) is 0 Å². The third-order valence-electron chi connectivity index (χ3n) is 4.63. The molecule has 1 aliphatic carbocycles. The standard InChI is InChI=1S/C21H26N2O2/c1-15-8-11-19(16(2)12-15)22-21(24)14-23(18-9-10-18)13-17-6-4-5-7-20(17)25-3/h4-8,11-12,18H,9-10,13-14H2,1-3H3,(H,22,24). The number of hydrogen-bond acceptors (Lipinski definition) is 3. The first kappa shape index (κ1) is 17.5. The third-order valence-corrected chi connectivity index (χ3v) is 4.63. The number of carbonyl (C=O) groups is 1. The van der Waals surface area contributed by atoms with E-state index in [0.29, 0.717) is 12.6 Å². The molecule has 0 saturated heterocycles. The van der Waals surface area contributed by atoms with Gasteiger partial charge in [-0.15, -0.1) is 0 Å². The van der Waals surface area contributed by atoms with Crippen LogP contribution in [-0.2, 0) is 11.3 Å². The van der Waals surface area contributed by atoms with Crippen molar-refractivity contribution < 1.29 is 9.53 Å². The van der Waals surface area contributed by atoms with Crippen LogP contribution in [0.15, 0.2) is 42.5 Å². The highest BCUT2D eigenvalue weighted by Gasteiger charge is 2.30. The van der Waals surface area contributed by atoms with Crippen LogP contribution in [0.1, 0.15) is 29.5 Å². The molecule has 0 aromatic heterocycles. The average molecular weight is 338 g/mol. The minimum atomic E-state index is 0.0359. The molecule has 2 aromatic rings. The smallest absolute Gasteiger partial charge is 0.238 e. The Bertz CT molecular complexity index is 753. The fourth-order valence-electron chi connectivity index (χ4n) is 3.13. The highest BCUT2D eigenvalue weighted by Crippen LogP contribution is 2.30. The first-order valence-corrected chi connectivity index (χ1v) is 8.80. The maximum atomic E-state index is 12.6. The molecule has 0 spiro atoms. The average Bonchev–Trinajstić information content (AvgIpc) is 3.42. The molecule has 1 saturated carbocycles. The van der Waals surface area contributed by atoms with Crippen molar-refractivity contribution in [3.05, 3.63) is 59.2 Å². The number of anilines is 1. The van der Waals surface area contributed by atoms with E-state index in [9.17, 15) is 4.79 Å². The fourth-order valence-corrected chi connectivity index (χ4v) is 3.13. The van der Waals surface area contributed by atoms with Crippen molar-refractivity contribution in [1.82, 2.24) is 4.90 Å². The van der Waals surface area contributed by atoms with Gasteiger partial charge >= 0.3 is 0 Å². The van der Waals surface area contributed by atoms with Crippen molar-refractivity contribution in [3.8, 4) is 5.75 Å². The molecule has 132 valence electrons. The summed E-state index contributed by atoms with van der Waals surface area (Å²) in [6, 6.07) is 14.6. The van der Waals surface area contributed by atoms with Crippen LogP contribution in [-0.4, -0.2) is 30.5 Å². The van der Waals surface area contributed by atoms with Crippen molar-refractivity contribution in [2.75, 3.05) is 19.0 Å². The Morgan fingerprint density at radius 2 is 1.96 bits per heavy atom. The molecule has 1 fully saturated rings. The lowest BCUT2D eigenvalue weighted by molar-refractivity contribution is -0.117. The summed E-state index contributed by atoms with van der Waals surface area (Å²) < 4.78 is 5.45. The molecule has 2 aromatic carbocycles. The summed E-state index contributed by atoms with van der Waals surface area (Å²) in [6.45, 7) is 5.21. The molecule has 3 rings (SSSR count). The Hall–Kier alpha value is -2.33. The number of rotatable bonds is 7. The summed E-state index contributed by atoms with van der Waals surface area (Å²) in [5.74, 6) is 0.914. The second-order valence-electron chi connectivity index (χ2n) is 6.81. The second-order valence-corrected chi connectivity index (χ2v) is 6.81. The molecule has 0 bridgehead atoms. The van der Waals surface area contributed by atoms with E-state index in [1.54, 1.807) is 7.11 Å². The first-order chi connectivity index (χ1) is 12.1. The molecule has 0 heterocycles. The Balaban J connectivity index is 1.66. The highest BCUT2D eigenvalue weighted by molar-refractivity contribution is 5.93. The number of para-hydroxylation sites is 1. The number of ether oxygens (including phenoxy) is 1. The van der Waals surface area contributed by atoms with Gasteiger partial charge in [0.15, 0.2) is 0 Å². The minimum absolute atomic E-state index is 0.0359. The van der Waals surface area contributed by atoms with Crippen LogP contribution in [0.25, 0.3) is 0 Å². The Morgan fingerprint density at radius 3 is 2.64 bits per heavy atom. The van der Waals surface area contributed by atoms with E-state index in [1.807, 2.05) is 37.3 Å². The number of methoxy groups -OCH3 is 1. The Morgan fingerprint density at radius 1 is 1.20 bits per heavy atom. The van der Waals surface area contributed by atoms with E-state index in [4.69, 9.17) is 4.74 Å². The summed E-state index contributed by atoms with van der Waals surface area (Å²) >= 11 is 0. The van der Waals surface area contributed by atoms with Gasteiger partial charge in [0.05, 0.1) is 13.7 Å². The first-order valence-electron chi connectivity index (χ1n) is 8.80. The molecule has 1 amide bonds. The number of aryl methyl sites for hydroxylation is 2. The zero-order chi connectivity index (χ0) is 17.8. The van der Waals surface area contributed by atoms with Crippen molar-refractivity contribution >= 4 is 11.6 Å². The van der Waals surface area contributed by atoms with E-state index in [0.717, 1.165) is 42.0 Å². The van der Waals surface area contributed by atoms with Gasteiger partial charge in [-0.1, -0.05) is 35.9 Å². The van der Waals surface area contributed by atoms with Gasteiger partial charge in [-0.2, -0.15) is 0 Å². The summed E-state index contributed by atoms with van der Waals surface area (Å²) in [6.07, 6.45) is 2.32. The molecule has 1 N–H and O–H groups in total. The minimum Gasteiger partial charge on any atom is -0.496 e. The van der Waals surface area contributed by atoms with E-state index < -0.39 is 0 Å². The van der Waals surface area contributed by atoms with Crippen molar-refractivity contribution in [3.63, 3.8) is 0 Å². The Kier molecular flexibility index (Phi) is 5.39. The van der Waals surface area contributed by atoms with Crippen LogP contribution in [0.2, 0.25) is 0 Å². The highest BCUT2D eigenvalue weighted by atomic mass is 16.5. The lowest BCUT2D eigenvalue weighted by atomic mass is 10.1. The molecule has 1 aliphatic rings. The predicted octanol–water partition coefficient (Wildman–Crippen LogP) is 3.92. The Labute approximate surface area is 149 Å². The van der Waals surface area contributed by atoms with Gasteiger partial charge in [0.1, 0.15) is 5.75 Å². The van der Waals surface area contributed by atoms with Crippen LogP contribution in [0, 0.1) is 13.8 Å². The van der Waals surface area contributed by atoms with Gasteiger partial charge in [-0.25, -0.2) is 0 Å². The molecular formula is C21H26N2O2. The van der Waals surface area contributed by atoms with Crippen LogP contribution >= 0.6 is 0 Å². The number of nitrogens with zero attached hydrogens (tertiary/aromatic N) is 1. The zero-order valence-electron chi connectivity index (χ0n) is 15.2. The third kappa shape index (κ3) is 4.60. The van der Waals surface area contributed by atoms with Gasteiger partial charge in [0, 0.05) is 23.8 Å². The fraction of sp³-hybridized carbons (Fsp3) is 0.381. The maximum absolute atomic E-state index is 12.6. The van der Waals surface area contributed by atoms with E-state index >= 15 is 0 Å². The van der Waals surface area contributed by atoms with Crippen LogP contribution in [0.3, 0.4) is 0 Å². The van der Waals surface area contributed by atoms with Crippen LogP contribution in [0.4, 0.5) is 5.69 Å². The van der Waals surface area contributed by atoms with Crippen LogP contribution in [0.5, 0.6) is 5.75 Å². The predicted molar refractivity (Wildman–Crippen MR) is 101 cm³/mol. The summed E-state index contributed by atoms with van der Waals surface area (Å²) in [7, 11) is 1.69. The lowest BCUT2D eigenvalue weighted by Gasteiger charge is -2.23. The van der Waals surface area contributed by atoms with E-state index in [-0.39, 0.29) is 5.91 Å². The van der Waals surface area contributed by atoms with Gasteiger partial charge in [-0.05, 0) is 44.4 Å². The zero-order valence-corrected chi connectivity index (χ0v) is 15.2. The number of carbonyl (C=O) groups excluding carboxylic acids is 1. The number of amides is 1. The quantitative estimate of drug-likeness (QED) is 0.832. The second kappa shape index (κ2) is 7.70. The SMILES string of the molecule is COc1ccccc1CN(CC(=O)Nc1ccc(C)cc1C)C1CC1. The van der Waals surface area contributed by atoms with Gasteiger partial charge in [0.2, 0.25) is 5.91 Å². The largest absolute Gasteiger partial charge is 0.496 e. The molecule has 0 radical (unpaired) electrons. The topological polar surface area (TPSA) is 41.6 Å². The number of hydrogen-bond donors (Lipinski definition) is 1. The summed E-state index contributed by atoms with van der Waals surface area (Å²) in [5, 5.41) is 3.05. The molecule has 0 unspecified atom stereocenters. The lowest BCUT2D eigenvalue weighted by Crippen LogP contribution is -2.34. The molecule has 0 aliphatic heterocycles. The van der Waals surface area contributed by atoms with E-state index in [1.165, 1.54) is 5.56 Å². The van der Waals surface area contributed by atoms with Gasteiger partial charge in [-0.3, -0.25) is 9.69 Å². The van der Waals surface area contributed by atoms with E-state index in [2.05, 4.69) is 29.3 Å². The molecular weight excluding hydrogens is 312 g/mol. The maximum Gasteiger partial charge on any atom is 0.238 e. The summed E-state index contributed by atoms with van der Waals surface area (Å²) in [4.78, 5) is 14.8.